The molecular weight excluding hydrogens is 372 g/mol. The molecule has 0 amide bonds. The molecule has 0 spiro atoms. The van der Waals surface area contributed by atoms with Gasteiger partial charge in [0.2, 0.25) is 11.8 Å². The predicted octanol–water partition coefficient (Wildman–Crippen LogP) is 1.13. The van der Waals surface area contributed by atoms with Crippen molar-refractivity contribution in [3.63, 3.8) is 0 Å². The van der Waals surface area contributed by atoms with Crippen molar-refractivity contribution >= 4 is 22.9 Å². The van der Waals surface area contributed by atoms with Gasteiger partial charge in [-0.3, -0.25) is 0 Å². The number of anilines is 2. The Bertz CT molecular complexity index is 979. The highest BCUT2D eigenvalue weighted by Gasteiger charge is 2.24. The number of rotatable bonds is 5. The normalized spacial score (nSPS) is 19.8. The van der Waals surface area contributed by atoms with Gasteiger partial charge in [0.1, 0.15) is 6.33 Å². The maximum Gasteiger partial charge on any atom is 0.228 e. The zero-order valence-corrected chi connectivity index (χ0v) is 16.4. The van der Waals surface area contributed by atoms with Crippen molar-refractivity contribution in [2.45, 2.75) is 25.5 Å². The fraction of sp³-hybridized carbons (Fsp3) is 0.526. The molecule has 2 aliphatic rings. The van der Waals surface area contributed by atoms with E-state index in [4.69, 9.17) is 9.47 Å². The fourth-order valence-corrected chi connectivity index (χ4v) is 3.96. The molecule has 0 radical (unpaired) electrons. The van der Waals surface area contributed by atoms with Crippen LogP contribution in [0.4, 0.5) is 11.8 Å². The van der Waals surface area contributed by atoms with Gasteiger partial charge in [-0.2, -0.15) is 4.98 Å². The number of hydrogen-bond acceptors (Lipinski definition) is 9. The third-order valence-electron chi connectivity index (χ3n) is 5.49. The first-order valence-electron chi connectivity index (χ1n) is 9.96. The van der Waals surface area contributed by atoms with Crippen LogP contribution in [0.1, 0.15) is 12.8 Å². The summed E-state index contributed by atoms with van der Waals surface area (Å²) in [6, 6.07) is 1.75. The second kappa shape index (κ2) is 7.78. The number of imidazole rings is 1. The number of nitrogens with zero attached hydrogens (tertiary/aromatic N) is 8. The third-order valence-corrected chi connectivity index (χ3v) is 5.49. The first-order chi connectivity index (χ1) is 14.3. The molecule has 5 heterocycles. The minimum Gasteiger partial charge on any atom is -0.481 e. The fourth-order valence-electron chi connectivity index (χ4n) is 3.96. The third kappa shape index (κ3) is 3.55. The van der Waals surface area contributed by atoms with Gasteiger partial charge in [-0.15, -0.1) is 0 Å². The lowest BCUT2D eigenvalue weighted by Gasteiger charge is -2.35. The van der Waals surface area contributed by atoms with Gasteiger partial charge < -0.3 is 23.8 Å². The Morgan fingerprint density at radius 3 is 2.76 bits per heavy atom. The van der Waals surface area contributed by atoms with Gasteiger partial charge in [0.15, 0.2) is 17.0 Å². The van der Waals surface area contributed by atoms with Crippen molar-refractivity contribution in [1.82, 2.24) is 29.5 Å². The topological polar surface area (TPSA) is 94.3 Å². The van der Waals surface area contributed by atoms with E-state index in [9.17, 15) is 0 Å². The summed E-state index contributed by atoms with van der Waals surface area (Å²) in [5, 5.41) is 0. The van der Waals surface area contributed by atoms with Gasteiger partial charge in [-0.1, -0.05) is 0 Å². The molecule has 29 heavy (non-hydrogen) atoms. The quantitative estimate of drug-likeness (QED) is 0.629. The van der Waals surface area contributed by atoms with E-state index in [0.29, 0.717) is 11.8 Å². The van der Waals surface area contributed by atoms with E-state index in [1.54, 1.807) is 25.7 Å². The molecule has 2 fully saturated rings. The average Bonchev–Trinajstić information content (AvgIpc) is 3.44. The van der Waals surface area contributed by atoms with Gasteiger partial charge in [0.25, 0.3) is 0 Å². The Hall–Kier alpha value is -3.01. The minimum absolute atomic E-state index is 0.247. The second-order valence-corrected chi connectivity index (χ2v) is 7.27. The van der Waals surface area contributed by atoms with Gasteiger partial charge in [0.05, 0.1) is 26.1 Å². The number of aromatic nitrogens is 6. The average molecular weight is 396 g/mol. The molecule has 2 aliphatic heterocycles. The molecule has 0 bridgehead atoms. The highest BCUT2D eigenvalue weighted by molar-refractivity contribution is 5.83. The molecule has 152 valence electrons. The van der Waals surface area contributed by atoms with Crippen molar-refractivity contribution in [3.05, 3.63) is 24.9 Å². The molecule has 0 aromatic carbocycles. The molecule has 10 nitrogen and oxygen atoms in total. The van der Waals surface area contributed by atoms with Gasteiger partial charge in [-0.25, -0.2) is 19.9 Å². The lowest BCUT2D eigenvalue weighted by atomic mass is 10.2. The smallest absolute Gasteiger partial charge is 0.228 e. The zero-order chi connectivity index (χ0) is 19.6. The largest absolute Gasteiger partial charge is 0.481 e. The monoisotopic (exact) mass is 396 g/mol. The van der Waals surface area contributed by atoms with E-state index >= 15 is 0 Å². The second-order valence-electron chi connectivity index (χ2n) is 7.27. The van der Waals surface area contributed by atoms with Crippen molar-refractivity contribution in [2.75, 3.05) is 49.7 Å². The Morgan fingerprint density at radius 1 is 1.10 bits per heavy atom. The van der Waals surface area contributed by atoms with Crippen LogP contribution in [0.5, 0.6) is 5.88 Å². The molecule has 3 aromatic heterocycles. The molecular formula is C19H24N8O2. The van der Waals surface area contributed by atoms with E-state index in [2.05, 4.69) is 39.3 Å². The van der Waals surface area contributed by atoms with Crippen LogP contribution in [0, 0.1) is 0 Å². The van der Waals surface area contributed by atoms with Gasteiger partial charge in [0, 0.05) is 45.0 Å². The van der Waals surface area contributed by atoms with E-state index in [-0.39, 0.29) is 6.10 Å². The SMILES string of the molecule is COc1ccnc(N2CCN(c3ncnc4c3ncn4CC3CCCO3)CC2)n1. The molecule has 10 heteroatoms. The van der Waals surface area contributed by atoms with E-state index < -0.39 is 0 Å². The Kier molecular flexibility index (Phi) is 4.84. The number of fused-ring (bicyclic) bond motifs is 1. The summed E-state index contributed by atoms with van der Waals surface area (Å²) in [7, 11) is 1.61. The summed E-state index contributed by atoms with van der Waals surface area (Å²) in [4.78, 5) is 26.9. The first kappa shape index (κ1) is 18.0. The van der Waals surface area contributed by atoms with Crippen LogP contribution >= 0.6 is 0 Å². The lowest BCUT2D eigenvalue weighted by Crippen LogP contribution is -2.47. The van der Waals surface area contributed by atoms with Crippen LogP contribution in [-0.2, 0) is 11.3 Å². The number of ether oxygens (including phenoxy) is 2. The molecule has 3 aromatic rings. The van der Waals surface area contributed by atoms with Crippen molar-refractivity contribution in [1.29, 1.82) is 0 Å². The van der Waals surface area contributed by atoms with E-state index in [0.717, 1.165) is 69.2 Å². The van der Waals surface area contributed by atoms with E-state index in [1.165, 1.54) is 0 Å². The first-order valence-corrected chi connectivity index (χ1v) is 9.96. The molecule has 1 unspecified atom stereocenters. The predicted molar refractivity (Wildman–Crippen MR) is 107 cm³/mol. The van der Waals surface area contributed by atoms with Crippen LogP contribution in [-0.4, -0.2) is 75.5 Å². The summed E-state index contributed by atoms with van der Waals surface area (Å²) in [6.45, 7) is 4.86. The van der Waals surface area contributed by atoms with Gasteiger partial charge >= 0.3 is 0 Å². The number of piperazine rings is 1. The zero-order valence-electron chi connectivity index (χ0n) is 16.4. The maximum absolute atomic E-state index is 5.76. The van der Waals surface area contributed by atoms with Crippen molar-refractivity contribution in [2.24, 2.45) is 0 Å². The van der Waals surface area contributed by atoms with Crippen LogP contribution in [0.25, 0.3) is 11.2 Å². The summed E-state index contributed by atoms with van der Waals surface area (Å²) in [5.74, 6) is 2.15. The summed E-state index contributed by atoms with van der Waals surface area (Å²) >= 11 is 0. The summed E-state index contributed by atoms with van der Waals surface area (Å²) < 4.78 is 13.1. The summed E-state index contributed by atoms with van der Waals surface area (Å²) in [5.41, 5.74) is 1.71. The molecule has 5 rings (SSSR count). The molecule has 2 saturated heterocycles. The number of methoxy groups -OCH3 is 1. The Labute approximate surface area is 168 Å². The Morgan fingerprint density at radius 2 is 1.97 bits per heavy atom. The number of hydrogen-bond donors (Lipinski definition) is 0. The minimum atomic E-state index is 0.247. The van der Waals surface area contributed by atoms with Crippen LogP contribution in [0.3, 0.4) is 0 Å². The van der Waals surface area contributed by atoms with Crippen molar-refractivity contribution in [3.8, 4) is 5.88 Å². The molecule has 1 atom stereocenters. The van der Waals surface area contributed by atoms with Crippen molar-refractivity contribution < 1.29 is 9.47 Å². The molecule has 0 N–H and O–H groups in total. The lowest BCUT2D eigenvalue weighted by molar-refractivity contribution is 0.0978. The highest BCUT2D eigenvalue weighted by atomic mass is 16.5. The maximum atomic E-state index is 5.76. The standard InChI is InChI=1S/C19H24N8O2/c1-28-15-4-5-20-19(24-15)26-8-6-25(7-9-26)17-16-18(22-12-21-17)27(13-23-16)11-14-3-2-10-29-14/h4-5,12-14H,2-3,6-11H2,1H3. The summed E-state index contributed by atoms with van der Waals surface area (Å²) in [6.07, 6.45) is 7.66. The van der Waals surface area contributed by atoms with Crippen LogP contribution in [0.2, 0.25) is 0 Å². The molecule has 0 saturated carbocycles. The van der Waals surface area contributed by atoms with Crippen LogP contribution in [0.15, 0.2) is 24.9 Å². The highest BCUT2D eigenvalue weighted by Crippen LogP contribution is 2.25. The molecule has 0 aliphatic carbocycles. The Balaban J connectivity index is 1.32. The van der Waals surface area contributed by atoms with Gasteiger partial charge in [-0.05, 0) is 12.8 Å². The van der Waals surface area contributed by atoms with E-state index in [1.807, 2.05) is 6.33 Å². The van der Waals surface area contributed by atoms with Crippen LogP contribution < -0.4 is 14.5 Å².